The van der Waals surface area contributed by atoms with Gasteiger partial charge in [-0.15, -0.1) is 0 Å². The van der Waals surface area contributed by atoms with E-state index in [0.717, 1.165) is 41.4 Å². The van der Waals surface area contributed by atoms with Crippen molar-refractivity contribution in [3.63, 3.8) is 0 Å². The maximum atomic E-state index is 3.69. The summed E-state index contributed by atoms with van der Waals surface area (Å²) in [6.45, 7) is 0. The standard InChI is InChI=1S/C12H12Br2/c13-12(14)11-8-4-2-5-7-3(4)1-6(8)9(7)10(5)11/h3-10H,1-2H2. The number of fused-ring (bicyclic) bond motifs is 2. The van der Waals surface area contributed by atoms with Crippen molar-refractivity contribution < 1.29 is 0 Å². The van der Waals surface area contributed by atoms with Crippen molar-refractivity contribution in [2.75, 3.05) is 0 Å². The van der Waals surface area contributed by atoms with Crippen LogP contribution in [0.4, 0.5) is 0 Å². The molecule has 2 heteroatoms. The first-order chi connectivity index (χ1) is 6.79. The molecule has 0 amide bonds. The van der Waals surface area contributed by atoms with Crippen LogP contribution in [-0.2, 0) is 0 Å². The summed E-state index contributed by atoms with van der Waals surface area (Å²) in [7, 11) is 0. The van der Waals surface area contributed by atoms with E-state index < -0.39 is 0 Å². The molecule has 8 atom stereocenters. The van der Waals surface area contributed by atoms with Crippen molar-refractivity contribution in [2.45, 2.75) is 12.8 Å². The van der Waals surface area contributed by atoms with Gasteiger partial charge in [-0.25, -0.2) is 0 Å². The predicted octanol–water partition coefficient (Wildman–Crippen LogP) is 3.77. The van der Waals surface area contributed by atoms with Crippen LogP contribution in [0.2, 0.25) is 0 Å². The first kappa shape index (κ1) is 7.89. The Labute approximate surface area is 101 Å². The Morgan fingerprint density at radius 1 is 0.857 bits per heavy atom. The summed E-state index contributed by atoms with van der Waals surface area (Å²) in [4.78, 5) is 0. The normalized spacial score (nSPS) is 69.4. The Balaban J connectivity index is 1.83. The van der Waals surface area contributed by atoms with Gasteiger partial charge in [0.15, 0.2) is 0 Å². The molecule has 0 spiro atoms. The minimum absolute atomic E-state index is 0.999. The molecule has 0 saturated heterocycles. The molecule has 5 rings (SSSR count). The third-order valence-corrected chi connectivity index (χ3v) is 7.22. The third-order valence-electron chi connectivity index (χ3n) is 6.30. The molecule has 5 saturated carbocycles. The number of hydrogen-bond donors (Lipinski definition) is 0. The van der Waals surface area contributed by atoms with Crippen LogP contribution in [0, 0.1) is 47.3 Å². The second kappa shape index (κ2) is 2.07. The lowest BCUT2D eigenvalue weighted by atomic mass is 9.59. The number of hydrogen-bond acceptors (Lipinski definition) is 0. The minimum atomic E-state index is 0.999. The summed E-state index contributed by atoms with van der Waals surface area (Å²) in [6.07, 6.45) is 3.18. The average molecular weight is 316 g/mol. The van der Waals surface area contributed by atoms with E-state index in [0.29, 0.717) is 0 Å². The molecule has 5 aliphatic rings. The minimum Gasteiger partial charge on any atom is -0.0461 e. The van der Waals surface area contributed by atoms with Crippen LogP contribution in [0.25, 0.3) is 0 Å². The molecule has 0 N–H and O–H groups in total. The summed E-state index contributed by atoms with van der Waals surface area (Å²) < 4.78 is 1.32. The van der Waals surface area contributed by atoms with Crippen LogP contribution >= 0.6 is 31.9 Å². The van der Waals surface area contributed by atoms with Crippen molar-refractivity contribution in [1.29, 1.82) is 0 Å². The highest BCUT2D eigenvalue weighted by Gasteiger charge is 2.79. The SMILES string of the molecule is BrC(Br)=C1C2C3CC4C1C1C2CC3C41. The Hall–Kier alpha value is 0.700. The van der Waals surface area contributed by atoms with Crippen molar-refractivity contribution in [3.8, 4) is 0 Å². The van der Waals surface area contributed by atoms with Crippen LogP contribution in [-0.4, -0.2) is 0 Å². The zero-order valence-electron chi connectivity index (χ0n) is 7.79. The largest absolute Gasteiger partial charge is 0.0602 e. The molecular weight excluding hydrogens is 304 g/mol. The fourth-order valence-electron chi connectivity index (χ4n) is 6.43. The Morgan fingerprint density at radius 2 is 1.57 bits per heavy atom. The molecule has 14 heavy (non-hydrogen) atoms. The molecule has 0 heterocycles. The average Bonchev–Trinajstić information content (AvgIpc) is 2.60. The van der Waals surface area contributed by atoms with Gasteiger partial charge >= 0.3 is 0 Å². The molecule has 0 nitrogen and oxygen atoms in total. The molecule has 0 aromatic carbocycles. The lowest BCUT2D eigenvalue weighted by Crippen LogP contribution is -2.41. The number of halogens is 2. The first-order valence-electron chi connectivity index (χ1n) is 5.84. The summed E-state index contributed by atoms with van der Waals surface area (Å²) in [6, 6.07) is 0. The van der Waals surface area contributed by atoms with Gasteiger partial charge in [0, 0.05) is 0 Å². The molecule has 0 aromatic rings. The molecule has 0 aromatic heterocycles. The summed E-state index contributed by atoms with van der Waals surface area (Å²) in [5, 5.41) is 0. The highest BCUT2D eigenvalue weighted by molar-refractivity contribution is 9.28. The van der Waals surface area contributed by atoms with Gasteiger partial charge in [-0.2, -0.15) is 0 Å². The fourth-order valence-corrected chi connectivity index (χ4v) is 7.49. The van der Waals surface area contributed by atoms with Gasteiger partial charge in [-0.05, 0) is 97.6 Å². The lowest BCUT2D eigenvalue weighted by molar-refractivity contribution is 0.0412. The van der Waals surface area contributed by atoms with Gasteiger partial charge in [0.1, 0.15) is 0 Å². The summed E-state index contributed by atoms with van der Waals surface area (Å²) in [5.74, 6) is 8.80. The van der Waals surface area contributed by atoms with Crippen LogP contribution in [0.3, 0.4) is 0 Å². The molecule has 2 bridgehead atoms. The Morgan fingerprint density at radius 3 is 2.36 bits per heavy atom. The van der Waals surface area contributed by atoms with Gasteiger partial charge in [0.25, 0.3) is 0 Å². The number of allylic oxidation sites excluding steroid dienone is 1. The van der Waals surface area contributed by atoms with Crippen molar-refractivity contribution in [3.05, 3.63) is 8.96 Å². The van der Waals surface area contributed by atoms with Gasteiger partial charge in [0.05, 0.1) is 3.39 Å². The Kier molecular flexibility index (Phi) is 1.16. The quantitative estimate of drug-likeness (QED) is 0.638. The van der Waals surface area contributed by atoms with Crippen molar-refractivity contribution in [2.24, 2.45) is 47.3 Å². The topological polar surface area (TPSA) is 0 Å². The van der Waals surface area contributed by atoms with Crippen LogP contribution in [0.5, 0.6) is 0 Å². The van der Waals surface area contributed by atoms with Crippen LogP contribution in [0.15, 0.2) is 8.96 Å². The number of rotatable bonds is 0. The molecule has 5 fully saturated rings. The lowest BCUT2D eigenvalue weighted by Gasteiger charge is -2.45. The molecule has 0 aliphatic heterocycles. The molecule has 0 radical (unpaired) electrons. The van der Waals surface area contributed by atoms with Gasteiger partial charge in [-0.3, -0.25) is 0 Å². The van der Waals surface area contributed by atoms with E-state index in [-0.39, 0.29) is 0 Å². The van der Waals surface area contributed by atoms with Crippen LogP contribution < -0.4 is 0 Å². The van der Waals surface area contributed by atoms with Gasteiger partial charge in [-0.1, -0.05) is 0 Å². The van der Waals surface area contributed by atoms with E-state index in [1.54, 1.807) is 18.4 Å². The summed E-state index contributed by atoms with van der Waals surface area (Å²) in [5.41, 5.74) is 1.80. The van der Waals surface area contributed by atoms with E-state index in [1.165, 1.54) is 9.31 Å². The Bertz CT molecular complexity index is 376. The van der Waals surface area contributed by atoms with Gasteiger partial charge in [0.2, 0.25) is 0 Å². The molecule has 8 unspecified atom stereocenters. The van der Waals surface area contributed by atoms with E-state index in [9.17, 15) is 0 Å². The zero-order valence-corrected chi connectivity index (χ0v) is 11.0. The first-order valence-corrected chi connectivity index (χ1v) is 7.42. The maximum Gasteiger partial charge on any atom is 0.0602 e. The highest BCUT2D eigenvalue weighted by Crippen LogP contribution is 2.84. The van der Waals surface area contributed by atoms with Gasteiger partial charge < -0.3 is 0 Å². The molecule has 5 aliphatic carbocycles. The van der Waals surface area contributed by atoms with E-state index in [4.69, 9.17) is 0 Å². The zero-order chi connectivity index (χ0) is 9.19. The summed E-state index contributed by atoms with van der Waals surface area (Å²) >= 11 is 7.39. The fraction of sp³-hybridized carbons (Fsp3) is 0.833. The van der Waals surface area contributed by atoms with E-state index >= 15 is 0 Å². The van der Waals surface area contributed by atoms with Crippen molar-refractivity contribution >= 4 is 31.9 Å². The van der Waals surface area contributed by atoms with E-state index in [1.807, 2.05) is 0 Å². The maximum absolute atomic E-state index is 3.69. The molecular formula is C12H12Br2. The third kappa shape index (κ3) is 0.541. The second-order valence-corrected chi connectivity index (χ2v) is 8.70. The van der Waals surface area contributed by atoms with E-state index in [2.05, 4.69) is 31.9 Å². The van der Waals surface area contributed by atoms with Crippen molar-refractivity contribution in [1.82, 2.24) is 0 Å². The second-order valence-electron chi connectivity index (χ2n) is 6.05. The molecule has 74 valence electrons. The van der Waals surface area contributed by atoms with Crippen LogP contribution in [0.1, 0.15) is 12.8 Å². The monoisotopic (exact) mass is 314 g/mol. The predicted molar refractivity (Wildman–Crippen MR) is 62.0 cm³/mol. The smallest absolute Gasteiger partial charge is 0.0461 e. The highest BCUT2D eigenvalue weighted by atomic mass is 79.9.